The molecule has 0 aliphatic heterocycles. The molecule has 0 aromatic carbocycles. The molecule has 14 heavy (non-hydrogen) atoms. The van der Waals surface area contributed by atoms with Crippen LogP contribution in [-0.4, -0.2) is 14.4 Å². The Labute approximate surface area is 89.7 Å². The summed E-state index contributed by atoms with van der Waals surface area (Å²) in [4.78, 5) is 0. The second-order valence-corrected chi connectivity index (χ2v) is 8.98. The summed E-state index contributed by atoms with van der Waals surface area (Å²) in [6.45, 7) is 6.89. The number of hydrogen-bond donors (Lipinski definition) is 0. The molecule has 1 nitrogen and oxygen atoms in total. The minimum Gasteiger partial charge on any atom is -0.411 e. The van der Waals surface area contributed by atoms with E-state index >= 15 is 0 Å². The van der Waals surface area contributed by atoms with Gasteiger partial charge in [0.15, 0.2) is 8.32 Å². The van der Waals surface area contributed by atoms with Gasteiger partial charge in [-0.1, -0.05) is 32.9 Å². The van der Waals surface area contributed by atoms with Gasteiger partial charge in [0.25, 0.3) is 0 Å². The van der Waals surface area contributed by atoms with Crippen LogP contribution in [0.1, 0.15) is 40.0 Å². The standard InChI is InChI=1S/C12H24OSi/c1-4-14(5-2,6-3)13-12-10-8-7-9-11-12/h8,10,12H,4-7,9,11H2,1-3H3. The predicted molar refractivity (Wildman–Crippen MR) is 65.1 cm³/mol. The lowest BCUT2D eigenvalue weighted by atomic mass is 10.1. The van der Waals surface area contributed by atoms with E-state index in [0.717, 1.165) is 0 Å². The molecule has 0 amide bonds. The summed E-state index contributed by atoms with van der Waals surface area (Å²) in [7, 11) is -1.36. The van der Waals surface area contributed by atoms with Crippen LogP contribution in [0.15, 0.2) is 12.2 Å². The first-order valence-electron chi connectivity index (χ1n) is 6.10. The molecular weight excluding hydrogens is 188 g/mol. The van der Waals surface area contributed by atoms with Crippen molar-refractivity contribution in [2.75, 3.05) is 0 Å². The average Bonchev–Trinajstić information content (AvgIpc) is 2.28. The molecule has 0 fully saturated rings. The van der Waals surface area contributed by atoms with E-state index in [1.165, 1.54) is 37.4 Å². The van der Waals surface area contributed by atoms with Crippen LogP contribution in [0.2, 0.25) is 18.1 Å². The molecule has 0 saturated carbocycles. The number of allylic oxidation sites excluding steroid dienone is 1. The molecule has 82 valence electrons. The molecule has 1 atom stereocenters. The summed E-state index contributed by atoms with van der Waals surface area (Å²) in [5, 5.41) is 0. The van der Waals surface area contributed by atoms with Crippen molar-refractivity contribution in [3.05, 3.63) is 12.2 Å². The molecular formula is C12H24OSi. The van der Waals surface area contributed by atoms with Gasteiger partial charge in [-0.2, -0.15) is 0 Å². The van der Waals surface area contributed by atoms with Crippen molar-refractivity contribution >= 4 is 8.32 Å². The van der Waals surface area contributed by atoms with Gasteiger partial charge in [-0.25, -0.2) is 0 Å². The van der Waals surface area contributed by atoms with Gasteiger partial charge in [0, 0.05) is 0 Å². The first kappa shape index (κ1) is 12.0. The monoisotopic (exact) mass is 212 g/mol. The third kappa shape index (κ3) is 2.96. The Morgan fingerprint density at radius 1 is 1.21 bits per heavy atom. The van der Waals surface area contributed by atoms with Crippen molar-refractivity contribution in [3.63, 3.8) is 0 Å². The number of hydrogen-bond acceptors (Lipinski definition) is 1. The Morgan fingerprint density at radius 3 is 2.29 bits per heavy atom. The van der Waals surface area contributed by atoms with Gasteiger partial charge in [0.1, 0.15) is 0 Å². The van der Waals surface area contributed by atoms with Gasteiger partial charge in [0.05, 0.1) is 6.10 Å². The third-order valence-corrected chi connectivity index (χ3v) is 8.21. The van der Waals surface area contributed by atoms with Crippen LogP contribution < -0.4 is 0 Å². The fraction of sp³-hybridized carbons (Fsp3) is 0.833. The van der Waals surface area contributed by atoms with Gasteiger partial charge in [-0.15, -0.1) is 0 Å². The molecule has 0 aromatic heterocycles. The van der Waals surface area contributed by atoms with E-state index in [9.17, 15) is 0 Å². The minimum atomic E-state index is -1.36. The van der Waals surface area contributed by atoms with E-state index in [2.05, 4.69) is 32.9 Å². The fourth-order valence-electron chi connectivity index (χ4n) is 2.20. The Bertz CT molecular complexity index is 176. The maximum Gasteiger partial charge on any atom is 0.192 e. The Hall–Kier alpha value is -0.0831. The molecule has 2 heteroatoms. The highest BCUT2D eigenvalue weighted by Crippen LogP contribution is 2.26. The van der Waals surface area contributed by atoms with E-state index in [-0.39, 0.29) is 0 Å². The van der Waals surface area contributed by atoms with Crippen molar-refractivity contribution < 1.29 is 4.43 Å². The maximum absolute atomic E-state index is 6.38. The van der Waals surface area contributed by atoms with Crippen LogP contribution in [0, 0.1) is 0 Å². The molecule has 0 radical (unpaired) electrons. The highest BCUT2D eigenvalue weighted by molar-refractivity contribution is 6.73. The van der Waals surface area contributed by atoms with E-state index in [1.54, 1.807) is 0 Å². The number of rotatable bonds is 5. The molecule has 0 aromatic rings. The Kier molecular flexibility index (Phi) is 4.89. The summed E-state index contributed by atoms with van der Waals surface area (Å²) in [6, 6.07) is 3.80. The van der Waals surface area contributed by atoms with Crippen LogP contribution in [0.3, 0.4) is 0 Å². The SMILES string of the molecule is CC[Si](CC)(CC)OC1C=CCCC1. The predicted octanol–water partition coefficient (Wildman–Crippen LogP) is 4.12. The molecule has 0 saturated heterocycles. The van der Waals surface area contributed by atoms with Gasteiger partial charge in [0.2, 0.25) is 0 Å². The first-order chi connectivity index (χ1) is 6.76. The van der Waals surface area contributed by atoms with Crippen molar-refractivity contribution in [3.8, 4) is 0 Å². The second kappa shape index (κ2) is 5.71. The van der Waals surface area contributed by atoms with Crippen molar-refractivity contribution in [2.45, 2.75) is 64.3 Å². The van der Waals surface area contributed by atoms with E-state index in [4.69, 9.17) is 4.43 Å². The summed E-state index contributed by atoms with van der Waals surface area (Å²) >= 11 is 0. The third-order valence-electron chi connectivity index (χ3n) is 3.54. The molecule has 1 rings (SSSR count). The van der Waals surface area contributed by atoms with Gasteiger partial charge in [-0.3, -0.25) is 0 Å². The summed E-state index contributed by atoms with van der Waals surface area (Å²) < 4.78 is 6.38. The quantitative estimate of drug-likeness (QED) is 0.492. The van der Waals surface area contributed by atoms with E-state index in [1.807, 2.05) is 0 Å². The average molecular weight is 212 g/mol. The first-order valence-corrected chi connectivity index (χ1v) is 8.63. The highest BCUT2D eigenvalue weighted by atomic mass is 28.4. The lowest BCUT2D eigenvalue weighted by Gasteiger charge is -2.33. The zero-order chi connectivity index (χ0) is 10.4. The molecule has 0 spiro atoms. The zero-order valence-corrected chi connectivity index (χ0v) is 10.9. The van der Waals surface area contributed by atoms with Gasteiger partial charge >= 0.3 is 0 Å². The molecule has 0 N–H and O–H groups in total. The zero-order valence-electron chi connectivity index (χ0n) is 9.88. The van der Waals surface area contributed by atoms with E-state index in [0.29, 0.717) is 6.10 Å². The fourth-order valence-corrected chi connectivity index (χ4v) is 5.04. The van der Waals surface area contributed by atoms with Crippen LogP contribution in [0.4, 0.5) is 0 Å². The normalized spacial score (nSPS) is 22.6. The van der Waals surface area contributed by atoms with Crippen LogP contribution in [-0.2, 0) is 4.43 Å². The summed E-state index contributed by atoms with van der Waals surface area (Å²) in [5.41, 5.74) is 0. The van der Waals surface area contributed by atoms with Crippen molar-refractivity contribution in [1.29, 1.82) is 0 Å². The van der Waals surface area contributed by atoms with E-state index < -0.39 is 8.32 Å². The molecule has 1 aliphatic carbocycles. The van der Waals surface area contributed by atoms with Crippen LogP contribution in [0.5, 0.6) is 0 Å². The van der Waals surface area contributed by atoms with Gasteiger partial charge in [-0.05, 0) is 37.4 Å². The molecule has 0 bridgehead atoms. The van der Waals surface area contributed by atoms with Crippen molar-refractivity contribution in [1.82, 2.24) is 0 Å². The molecule has 0 heterocycles. The van der Waals surface area contributed by atoms with Crippen molar-refractivity contribution in [2.24, 2.45) is 0 Å². The van der Waals surface area contributed by atoms with Crippen LogP contribution in [0.25, 0.3) is 0 Å². The largest absolute Gasteiger partial charge is 0.411 e. The minimum absolute atomic E-state index is 0.440. The lowest BCUT2D eigenvalue weighted by Crippen LogP contribution is -2.39. The topological polar surface area (TPSA) is 9.23 Å². The summed E-state index contributed by atoms with van der Waals surface area (Å²) in [5.74, 6) is 0. The highest BCUT2D eigenvalue weighted by Gasteiger charge is 2.31. The maximum atomic E-state index is 6.38. The van der Waals surface area contributed by atoms with Crippen LogP contribution >= 0.6 is 0 Å². The molecule has 1 aliphatic rings. The Morgan fingerprint density at radius 2 is 1.86 bits per heavy atom. The smallest absolute Gasteiger partial charge is 0.192 e. The van der Waals surface area contributed by atoms with Gasteiger partial charge < -0.3 is 4.43 Å². The Balaban J connectivity index is 2.53. The second-order valence-electron chi connectivity index (χ2n) is 4.26. The lowest BCUT2D eigenvalue weighted by molar-refractivity contribution is 0.214. The summed E-state index contributed by atoms with van der Waals surface area (Å²) in [6.07, 6.45) is 8.81. The molecule has 1 unspecified atom stereocenters.